The van der Waals surface area contributed by atoms with Gasteiger partial charge >= 0.3 is 0 Å². The topological polar surface area (TPSA) is 43.6 Å². The zero-order valence-corrected chi connectivity index (χ0v) is 13.8. The maximum Gasteiger partial charge on any atom is 0.130 e. The second-order valence-corrected chi connectivity index (χ2v) is 6.13. The Morgan fingerprint density at radius 1 is 1.29 bits per heavy atom. The molecule has 2 unspecified atom stereocenters. The summed E-state index contributed by atoms with van der Waals surface area (Å²) >= 11 is 0. The maximum absolute atomic E-state index is 6.01. The molecule has 1 aliphatic heterocycles. The lowest BCUT2D eigenvalue weighted by atomic mass is 10.0. The van der Waals surface area contributed by atoms with Crippen molar-refractivity contribution in [2.75, 3.05) is 6.54 Å². The molecule has 0 spiro atoms. The zero-order valence-electron chi connectivity index (χ0n) is 13.8. The fraction of sp³-hybridized carbons (Fsp3) is 0.765. The first kappa shape index (κ1) is 16.5. The third-order valence-electron chi connectivity index (χ3n) is 3.93. The van der Waals surface area contributed by atoms with E-state index in [9.17, 15) is 0 Å². The lowest BCUT2D eigenvalue weighted by Crippen LogP contribution is -2.33. The smallest absolute Gasteiger partial charge is 0.130 e. The average Bonchev–Trinajstić information content (AvgIpc) is 2.77. The van der Waals surface area contributed by atoms with E-state index in [-0.39, 0.29) is 18.3 Å². The van der Waals surface area contributed by atoms with Crippen molar-refractivity contribution >= 4 is 0 Å². The van der Waals surface area contributed by atoms with Crippen molar-refractivity contribution < 1.29 is 13.9 Å². The molecule has 2 heterocycles. The van der Waals surface area contributed by atoms with Crippen LogP contribution in [0.3, 0.4) is 0 Å². The van der Waals surface area contributed by atoms with Crippen LogP contribution in [0.15, 0.2) is 10.5 Å². The summed E-state index contributed by atoms with van der Waals surface area (Å²) in [6.45, 7) is 10.9. The minimum absolute atomic E-state index is 0.274. The van der Waals surface area contributed by atoms with E-state index in [2.05, 4.69) is 32.2 Å². The summed E-state index contributed by atoms with van der Waals surface area (Å²) in [6, 6.07) is 2.12. The fourth-order valence-corrected chi connectivity index (χ4v) is 2.91. The number of rotatable bonds is 7. The molecule has 0 aromatic carbocycles. The van der Waals surface area contributed by atoms with Crippen molar-refractivity contribution in [3.63, 3.8) is 0 Å². The molecule has 4 heteroatoms. The van der Waals surface area contributed by atoms with Crippen LogP contribution in [0.4, 0.5) is 0 Å². The van der Waals surface area contributed by atoms with Gasteiger partial charge in [-0.15, -0.1) is 0 Å². The standard InChI is InChI=1S/C17H29NO3/c1-5-6-18-10-15-9-17(21-14(15)4)11-19-16-7-12(2)20-13(3)8-16/h9,12-13,16,18H,5-8,10-11H2,1-4H3. The molecule has 1 aromatic rings. The van der Waals surface area contributed by atoms with Crippen LogP contribution in [0.25, 0.3) is 0 Å². The van der Waals surface area contributed by atoms with E-state index in [0.717, 1.165) is 43.9 Å². The molecule has 0 amide bonds. The number of aryl methyl sites for hydroxylation is 1. The second-order valence-electron chi connectivity index (χ2n) is 6.13. The second kappa shape index (κ2) is 7.97. The molecule has 1 fully saturated rings. The third-order valence-corrected chi connectivity index (χ3v) is 3.93. The minimum Gasteiger partial charge on any atom is -0.464 e. The van der Waals surface area contributed by atoms with Gasteiger partial charge in [-0.1, -0.05) is 6.92 Å². The van der Waals surface area contributed by atoms with Gasteiger partial charge in [0, 0.05) is 12.1 Å². The fourth-order valence-electron chi connectivity index (χ4n) is 2.91. The van der Waals surface area contributed by atoms with Gasteiger partial charge in [0.1, 0.15) is 18.1 Å². The van der Waals surface area contributed by atoms with Crippen LogP contribution in [-0.4, -0.2) is 24.9 Å². The molecular weight excluding hydrogens is 266 g/mol. The first-order valence-corrected chi connectivity index (χ1v) is 8.14. The van der Waals surface area contributed by atoms with Crippen LogP contribution in [0.5, 0.6) is 0 Å². The number of hydrogen-bond donors (Lipinski definition) is 1. The monoisotopic (exact) mass is 295 g/mol. The molecule has 0 bridgehead atoms. The lowest BCUT2D eigenvalue weighted by molar-refractivity contribution is -0.108. The highest BCUT2D eigenvalue weighted by Gasteiger charge is 2.25. The van der Waals surface area contributed by atoms with Crippen LogP contribution in [0, 0.1) is 6.92 Å². The van der Waals surface area contributed by atoms with Crippen molar-refractivity contribution in [2.45, 2.75) is 78.4 Å². The first-order chi connectivity index (χ1) is 10.1. The van der Waals surface area contributed by atoms with Gasteiger partial charge in [0.25, 0.3) is 0 Å². The van der Waals surface area contributed by atoms with Gasteiger partial charge in [-0.05, 0) is 52.6 Å². The van der Waals surface area contributed by atoms with Gasteiger partial charge in [0.15, 0.2) is 0 Å². The van der Waals surface area contributed by atoms with E-state index in [1.807, 2.05) is 6.92 Å². The molecule has 2 atom stereocenters. The van der Waals surface area contributed by atoms with E-state index in [4.69, 9.17) is 13.9 Å². The van der Waals surface area contributed by atoms with Crippen molar-refractivity contribution in [1.29, 1.82) is 0 Å². The molecule has 21 heavy (non-hydrogen) atoms. The van der Waals surface area contributed by atoms with Gasteiger partial charge in [-0.3, -0.25) is 0 Å². The van der Waals surface area contributed by atoms with E-state index in [1.54, 1.807) is 0 Å². The van der Waals surface area contributed by atoms with Crippen molar-refractivity contribution in [3.8, 4) is 0 Å². The Bertz CT molecular complexity index is 420. The van der Waals surface area contributed by atoms with E-state index in [0.29, 0.717) is 6.61 Å². The van der Waals surface area contributed by atoms with Crippen LogP contribution in [-0.2, 0) is 22.6 Å². The molecule has 2 rings (SSSR count). The summed E-state index contributed by atoms with van der Waals surface area (Å²) in [6.07, 6.45) is 3.92. The predicted octanol–water partition coefficient (Wildman–Crippen LogP) is 3.56. The molecule has 0 saturated carbocycles. The average molecular weight is 295 g/mol. The molecule has 0 aliphatic carbocycles. The van der Waals surface area contributed by atoms with Gasteiger partial charge in [0.05, 0.1) is 18.3 Å². The Kier molecular flexibility index (Phi) is 6.27. The van der Waals surface area contributed by atoms with Crippen LogP contribution in [0.2, 0.25) is 0 Å². The highest BCUT2D eigenvalue weighted by Crippen LogP contribution is 2.23. The van der Waals surface area contributed by atoms with Gasteiger partial charge in [0.2, 0.25) is 0 Å². The minimum atomic E-state index is 0.274. The van der Waals surface area contributed by atoms with E-state index >= 15 is 0 Å². The number of nitrogens with one attached hydrogen (secondary N) is 1. The third kappa shape index (κ3) is 5.13. The molecule has 1 aliphatic rings. The molecule has 120 valence electrons. The molecule has 1 saturated heterocycles. The highest BCUT2D eigenvalue weighted by atomic mass is 16.5. The Morgan fingerprint density at radius 3 is 2.67 bits per heavy atom. The summed E-state index contributed by atoms with van der Waals surface area (Å²) in [4.78, 5) is 0. The lowest BCUT2D eigenvalue weighted by Gasteiger charge is -2.31. The van der Waals surface area contributed by atoms with E-state index in [1.165, 1.54) is 5.56 Å². The highest BCUT2D eigenvalue weighted by molar-refractivity contribution is 5.20. The largest absolute Gasteiger partial charge is 0.464 e. The summed E-state index contributed by atoms with van der Waals surface area (Å²) < 4.78 is 17.5. The molecule has 1 N–H and O–H groups in total. The van der Waals surface area contributed by atoms with Crippen LogP contribution in [0.1, 0.15) is 57.1 Å². The summed E-state index contributed by atoms with van der Waals surface area (Å²) in [5, 5.41) is 3.41. The molecule has 1 aromatic heterocycles. The predicted molar refractivity (Wildman–Crippen MR) is 83.3 cm³/mol. The Morgan fingerprint density at radius 2 is 2.00 bits per heavy atom. The maximum atomic E-state index is 6.01. The Labute approximate surface area is 128 Å². The van der Waals surface area contributed by atoms with Gasteiger partial charge in [-0.25, -0.2) is 0 Å². The molecular formula is C17H29NO3. The quantitative estimate of drug-likeness (QED) is 0.781. The number of hydrogen-bond acceptors (Lipinski definition) is 4. The first-order valence-electron chi connectivity index (χ1n) is 8.14. The molecule has 0 radical (unpaired) electrons. The van der Waals surface area contributed by atoms with Gasteiger partial charge < -0.3 is 19.2 Å². The SMILES string of the molecule is CCCNCc1cc(COC2CC(C)OC(C)C2)oc1C. The van der Waals surface area contributed by atoms with Crippen molar-refractivity contribution in [2.24, 2.45) is 0 Å². The normalized spacial score (nSPS) is 26.2. The van der Waals surface area contributed by atoms with Crippen LogP contribution >= 0.6 is 0 Å². The van der Waals surface area contributed by atoms with Crippen LogP contribution < -0.4 is 5.32 Å². The number of ether oxygens (including phenoxy) is 2. The number of furan rings is 1. The summed E-state index contributed by atoms with van der Waals surface area (Å²) in [5.74, 6) is 1.92. The zero-order chi connectivity index (χ0) is 15.2. The summed E-state index contributed by atoms with van der Waals surface area (Å²) in [7, 11) is 0. The van der Waals surface area contributed by atoms with E-state index < -0.39 is 0 Å². The van der Waals surface area contributed by atoms with Gasteiger partial charge in [-0.2, -0.15) is 0 Å². The molecule has 4 nitrogen and oxygen atoms in total. The summed E-state index contributed by atoms with van der Waals surface area (Å²) in [5.41, 5.74) is 1.23. The van der Waals surface area contributed by atoms with Crippen molar-refractivity contribution in [1.82, 2.24) is 5.32 Å². The Hall–Kier alpha value is -0.840. The Balaban J connectivity index is 1.81. The van der Waals surface area contributed by atoms with Crippen molar-refractivity contribution in [3.05, 3.63) is 23.2 Å².